The first-order chi connectivity index (χ1) is 16.7. The third-order valence-electron chi connectivity index (χ3n) is 6.24. The Morgan fingerprint density at radius 3 is 2.00 bits per heavy atom. The summed E-state index contributed by atoms with van der Waals surface area (Å²) in [6.45, 7) is 3.96. The lowest BCUT2D eigenvalue weighted by Crippen LogP contribution is -2.54. The predicted octanol–water partition coefficient (Wildman–Crippen LogP) is 5.17. The number of piperazine rings is 1. The van der Waals surface area contributed by atoms with Crippen LogP contribution in [0.1, 0.15) is 29.7 Å². The largest absolute Gasteiger partial charge is 0.417 e. The number of carbonyl (C=O) groups excluding carboxylic acids is 1. The monoisotopic (exact) mass is 502 g/mol. The Hall–Kier alpha value is -3.10. The molecule has 1 aliphatic heterocycles. The standard InChI is InChI=1S/C26H26ClF3N4O/c1-18(25(35)32-23(19-8-4-2-5-9-19)20-10-6-3-7-11-20)33-12-14-34(15-13-33)24-22(27)16-21(17-31-24)26(28,29)30/h2-11,16-18,23H,12-15H2,1H3,(H,32,35)/t18-/m0/s1. The first-order valence-corrected chi connectivity index (χ1v) is 11.7. The summed E-state index contributed by atoms with van der Waals surface area (Å²) in [7, 11) is 0. The molecular formula is C26H26ClF3N4O. The van der Waals surface area contributed by atoms with Crippen molar-refractivity contribution in [2.45, 2.75) is 25.2 Å². The van der Waals surface area contributed by atoms with E-state index >= 15 is 0 Å². The number of alkyl halides is 3. The van der Waals surface area contributed by atoms with E-state index in [9.17, 15) is 18.0 Å². The lowest BCUT2D eigenvalue weighted by atomic mass is 9.98. The molecule has 0 aliphatic carbocycles. The van der Waals surface area contributed by atoms with Gasteiger partial charge in [0.15, 0.2) is 0 Å². The van der Waals surface area contributed by atoms with Gasteiger partial charge in [0, 0.05) is 32.4 Å². The van der Waals surface area contributed by atoms with Crippen LogP contribution in [0.3, 0.4) is 0 Å². The molecule has 5 nitrogen and oxygen atoms in total. The van der Waals surface area contributed by atoms with Crippen LogP contribution in [0.25, 0.3) is 0 Å². The number of benzene rings is 2. The first-order valence-electron chi connectivity index (χ1n) is 11.4. The van der Waals surface area contributed by atoms with Crippen molar-refractivity contribution >= 4 is 23.3 Å². The SMILES string of the molecule is C[C@@H](C(=O)NC(c1ccccc1)c1ccccc1)N1CCN(c2ncc(C(F)(F)F)cc2Cl)CC1. The van der Waals surface area contributed by atoms with Crippen LogP contribution in [-0.2, 0) is 11.0 Å². The van der Waals surface area contributed by atoms with E-state index < -0.39 is 11.7 Å². The highest BCUT2D eigenvalue weighted by molar-refractivity contribution is 6.33. The van der Waals surface area contributed by atoms with Crippen LogP contribution in [0, 0.1) is 0 Å². The van der Waals surface area contributed by atoms with Crippen LogP contribution in [0.4, 0.5) is 19.0 Å². The van der Waals surface area contributed by atoms with E-state index in [0.29, 0.717) is 32.0 Å². The second-order valence-corrected chi connectivity index (χ2v) is 8.90. The summed E-state index contributed by atoms with van der Waals surface area (Å²) < 4.78 is 38.7. The van der Waals surface area contributed by atoms with Crippen LogP contribution in [-0.4, -0.2) is 48.0 Å². The molecule has 35 heavy (non-hydrogen) atoms. The lowest BCUT2D eigenvalue weighted by Gasteiger charge is -2.38. The maximum absolute atomic E-state index is 13.2. The molecule has 1 fully saturated rings. The molecule has 1 amide bonds. The summed E-state index contributed by atoms with van der Waals surface area (Å²) >= 11 is 6.11. The Balaban J connectivity index is 1.41. The molecule has 1 N–H and O–H groups in total. The summed E-state index contributed by atoms with van der Waals surface area (Å²) in [6.07, 6.45) is -3.69. The molecule has 1 saturated heterocycles. The number of nitrogens with one attached hydrogen (secondary N) is 1. The number of hydrogen-bond acceptors (Lipinski definition) is 4. The van der Waals surface area contributed by atoms with E-state index in [1.54, 1.807) is 0 Å². The molecule has 184 valence electrons. The van der Waals surface area contributed by atoms with Crippen molar-refractivity contribution < 1.29 is 18.0 Å². The Labute approximate surface area is 207 Å². The molecule has 0 spiro atoms. The van der Waals surface area contributed by atoms with Gasteiger partial charge in [0.2, 0.25) is 5.91 Å². The van der Waals surface area contributed by atoms with E-state index in [0.717, 1.165) is 23.4 Å². The molecule has 0 saturated carbocycles. The number of anilines is 1. The van der Waals surface area contributed by atoms with Gasteiger partial charge in [0.1, 0.15) is 5.82 Å². The average Bonchev–Trinajstić information content (AvgIpc) is 2.87. The number of halogens is 4. The van der Waals surface area contributed by atoms with Crippen LogP contribution in [0.15, 0.2) is 72.9 Å². The molecule has 1 aromatic heterocycles. The molecule has 0 unspecified atom stereocenters. The maximum atomic E-state index is 13.2. The molecule has 4 rings (SSSR count). The van der Waals surface area contributed by atoms with Gasteiger partial charge in [0.25, 0.3) is 0 Å². The van der Waals surface area contributed by atoms with E-state index in [2.05, 4.69) is 15.2 Å². The average molecular weight is 503 g/mol. The van der Waals surface area contributed by atoms with Crippen molar-refractivity contribution in [1.29, 1.82) is 0 Å². The highest BCUT2D eigenvalue weighted by Crippen LogP contribution is 2.34. The molecular weight excluding hydrogens is 477 g/mol. The minimum absolute atomic E-state index is 0.0346. The molecule has 2 aromatic carbocycles. The Bertz CT molecular complexity index is 1100. The van der Waals surface area contributed by atoms with Gasteiger partial charge in [-0.15, -0.1) is 0 Å². The van der Waals surface area contributed by atoms with Gasteiger partial charge in [-0.3, -0.25) is 9.69 Å². The number of nitrogens with zero attached hydrogens (tertiary/aromatic N) is 3. The Morgan fingerprint density at radius 1 is 0.971 bits per heavy atom. The number of amides is 1. The number of rotatable bonds is 6. The molecule has 9 heteroatoms. The molecule has 0 radical (unpaired) electrons. The zero-order valence-electron chi connectivity index (χ0n) is 19.2. The summed E-state index contributed by atoms with van der Waals surface area (Å²) in [5, 5.41) is 3.15. The van der Waals surface area contributed by atoms with E-state index in [-0.39, 0.29) is 23.0 Å². The van der Waals surface area contributed by atoms with Gasteiger partial charge in [-0.05, 0) is 24.1 Å². The fourth-order valence-corrected chi connectivity index (χ4v) is 4.50. The topological polar surface area (TPSA) is 48.5 Å². The smallest absolute Gasteiger partial charge is 0.353 e. The minimum atomic E-state index is -4.49. The summed E-state index contributed by atoms with van der Waals surface area (Å²) in [5.41, 5.74) is 1.11. The molecule has 1 aliphatic rings. The summed E-state index contributed by atoms with van der Waals surface area (Å²) in [4.78, 5) is 21.1. The van der Waals surface area contributed by atoms with Gasteiger partial charge in [-0.25, -0.2) is 4.98 Å². The third kappa shape index (κ3) is 5.94. The molecule has 1 atom stereocenters. The Morgan fingerprint density at radius 2 is 1.51 bits per heavy atom. The van der Waals surface area contributed by atoms with Crippen molar-refractivity contribution in [2.75, 3.05) is 31.1 Å². The second-order valence-electron chi connectivity index (χ2n) is 8.49. The van der Waals surface area contributed by atoms with Gasteiger partial charge >= 0.3 is 6.18 Å². The van der Waals surface area contributed by atoms with Crippen LogP contribution < -0.4 is 10.2 Å². The third-order valence-corrected chi connectivity index (χ3v) is 6.52. The van der Waals surface area contributed by atoms with Crippen molar-refractivity contribution in [3.63, 3.8) is 0 Å². The zero-order chi connectivity index (χ0) is 25.0. The molecule has 3 aromatic rings. The van der Waals surface area contributed by atoms with Crippen LogP contribution in [0.5, 0.6) is 0 Å². The number of pyridine rings is 1. The summed E-state index contributed by atoms with van der Waals surface area (Å²) in [6, 6.07) is 19.9. The van der Waals surface area contributed by atoms with Gasteiger partial charge in [-0.1, -0.05) is 72.3 Å². The Kier molecular flexibility index (Phi) is 7.62. The van der Waals surface area contributed by atoms with Gasteiger partial charge in [-0.2, -0.15) is 13.2 Å². The quantitative estimate of drug-likeness (QED) is 0.505. The van der Waals surface area contributed by atoms with E-state index in [4.69, 9.17) is 11.6 Å². The number of carbonyl (C=O) groups is 1. The fraction of sp³-hybridized carbons (Fsp3) is 0.308. The second kappa shape index (κ2) is 10.7. The van der Waals surface area contributed by atoms with Gasteiger partial charge in [0.05, 0.1) is 22.7 Å². The van der Waals surface area contributed by atoms with Crippen molar-refractivity contribution in [2.24, 2.45) is 0 Å². The zero-order valence-corrected chi connectivity index (χ0v) is 19.9. The highest BCUT2D eigenvalue weighted by Gasteiger charge is 2.33. The van der Waals surface area contributed by atoms with Crippen molar-refractivity contribution in [3.8, 4) is 0 Å². The molecule has 2 heterocycles. The molecule has 0 bridgehead atoms. The van der Waals surface area contributed by atoms with Crippen molar-refractivity contribution in [3.05, 3.63) is 94.6 Å². The first kappa shape index (κ1) is 25.0. The highest BCUT2D eigenvalue weighted by atomic mass is 35.5. The minimum Gasteiger partial charge on any atom is -0.353 e. The van der Waals surface area contributed by atoms with Gasteiger partial charge < -0.3 is 10.2 Å². The lowest BCUT2D eigenvalue weighted by molar-refractivity contribution is -0.137. The van der Waals surface area contributed by atoms with Crippen molar-refractivity contribution in [1.82, 2.24) is 15.2 Å². The van der Waals surface area contributed by atoms with Crippen LogP contribution in [0.2, 0.25) is 5.02 Å². The fourth-order valence-electron chi connectivity index (χ4n) is 4.22. The normalized spacial score (nSPS) is 15.8. The van der Waals surface area contributed by atoms with E-state index in [1.807, 2.05) is 72.5 Å². The predicted molar refractivity (Wildman–Crippen MR) is 130 cm³/mol. The number of hydrogen-bond donors (Lipinski definition) is 1. The number of aromatic nitrogens is 1. The summed E-state index contributed by atoms with van der Waals surface area (Å²) in [5.74, 6) is 0.228. The maximum Gasteiger partial charge on any atom is 0.417 e. The van der Waals surface area contributed by atoms with Crippen LogP contribution >= 0.6 is 11.6 Å². The van der Waals surface area contributed by atoms with E-state index in [1.165, 1.54) is 0 Å².